The van der Waals surface area contributed by atoms with Crippen LogP contribution in [0.15, 0.2) is 51.7 Å². The zero-order valence-corrected chi connectivity index (χ0v) is 19.0. The Morgan fingerprint density at radius 2 is 1.72 bits per heavy atom. The quantitative estimate of drug-likeness (QED) is 0.423. The van der Waals surface area contributed by atoms with Crippen molar-refractivity contribution in [3.05, 3.63) is 57.7 Å². The van der Waals surface area contributed by atoms with Gasteiger partial charge in [-0.15, -0.1) is 0 Å². The third kappa shape index (κ3) is 4.28. The van der Waals surface area contributed by atoms with E-state index in [2.05, 4.69) is 6.08 Å². The summed E-state index contributed by atoms with van der Waals surface area (Å²) in [7, 11) is 4.60. The molecule has 3 aromatic rings. The van der Waals surface area contributed by atoms with Gasteiger partial charge in [-0.3, -0.25) is 4.79 Å². The Balaban J connectivity index is 1.95. The zero-order valence-electron chi connectivity index (χ0n) is 18.3. The fraction of sp³-hybridized carbons (Fsp3) is 0.320. The van der Waals surface area contributed by atoms with Crippen molar-refractivity contribution in [1.29, 1.82) is 0 Å². The molecule has 0 radical (unpaired) electrons. The van der Waals surface area contributed by atoms with E-state index in [4.69, 9.17) is 35.0 Å². The van der Waals surface area contributed by atoms with Crippen LogP contribution in [0.4, 0.5) is 0 Å². The molecule has 1 atom stereocenters. The molecule has 1 aromatic heterocycles. The van der Waals surface area contributed by atoms with Crippen molar-refractivity contribution >= 4 is 22.6 Å². The molecule has 0 saturated heterocycles. The number of allylic oxidation sites excluding steroid dienone is 1. The molecule has 2 aromatic carbocycles. The Morgan fingerprint density at radius 3 is 2.41 bits per heavy atom. The van der Waals surface area contributed by atoms with Crippen LogP contribution in [0.5, 0.6) is 23.0 Å². The topological polar surface area (TPSA) is 67.1 Å². The van der Waals surface area contributed by atoms with E-state index in [1.165, 1.54) is 21.3 Å². The molecule has 0 aliphatic heterocycles. The van der Waals surface area contributed by atoms with E-state index in [0.717, 1.165) is 25.7 Å². The van der Waals surface area contributed by atoms with Crippen molar-refractivity contribution in [3.63, 3.8) is 0 Å². The lowest BCUT2D eigenvalue weighted by Gasteiger charge is -2.18. The first-order valence-electron chi connectivity index (χ1n) is 10.5. The highest BCUT2D eigenvalue weighted by molar-refractivity contribution is 6.31. The van der Waals surface area contributed by atoms with Gasteiger partial charge in [0.1, 0.15) is 11.7 Å². The van der Waals surface area contributed by atoms with E-state index in [0.29, 0.717) is 44.6 Å². The SMILES string of the molecule is COc1cc(-c2oc3ccc(Cl)cc3c(=O)c2OC2C=CCCCC2)cc(OC)c1OC. The number of fused-ring (bicyclic) bond motifs is 1. The van der Waals surface area contributed by atoms with Crippen LogP contribution in [-0.2, 0) is 0 Å². The molecular formula is C25H25ClO6. The normalized spacial score (nSPS) is 15.9. The molecule has 1 aliphatic rings. The molecule has 32 heavy (non-hydrogen) atoms. The number of halogens is 1. The maximum absolute atomic E-state index is 13.5. The maximum atomic E-state index is 13.5. The van der Waals surface area contributed by atoms with E-state index in [9.17, 15) is 4.79 Å². The molecule has 7 heteroatoms. The van der Waals surface area contributed by atoms with Crippen LogP contribution in [0.2, 0.25) is 5.02 Å². The Bertz CT molecular complexity index is 1190. The monoisotopic (exact) mass is 456 g/mol. The Kier molecular flexibility index (Phi) is 6.61. The van der Waals surface area contributed by atoms with Crippen LogP contribution < -0.4 is 24.4 Å². The van der Waals surface area contributed by atoms with Crippen LogP contribution in [0.25, 0.3) is 22.3 Å². The highest BCUT2D eigenvalue weighted by atomic mass is 35.5. The summed E-state index contributed by atoms with van der Waals surface area (Å²) in [6, 6.07) is 8.42. The minimum absolute atomic E-state index is 0.130. The molecular weight excluding hydrogens is 432 g/mol. The van der Waals surface area contributed by atoms with Gasteiger partial charge in [0, 0.05) is 10.6 Å². The van der Waals surface area contributed by atoms with Gasteiger partial charge in [0.2, 0.25) is 16.9 Å². The van der Waals surface area contributed by atoms with Gasteiger partial charge < -0.3 is 23.4 Å². The summed E-state index contributed by atoms with van der Waals surface area (Å²) < 4.78 is 28.9. The molecule has 0 spiro atoms. The average Bonchev–Trinajstić information content (AvgIpc) is 3.08. The van der Waals surface area contributed by atoms with Crippen LogP contribution in [-0.4, -0.2) is 27.4 Å². The highest BCUT2D eigenvalue weighted by Crippen LogP contribution is 2.43. The molecule has 1 heterocycles. The minimum Gasteiger partial charge on any atom is -0.493 e. The van der Waals surface area contributed by atoms with Gasteiger partial charge in [-0.05, 0) is 62.1 Å². The summed E-state index contributed by atoms with van der Waals surface area (Å²) in [6.45, 7) is 0. The second kappa shape index (κ2) is 9.57. The third-order valence-electron chi connectivity index (χ3n) is 5.47. The summed E-state index contributed by atoms with van der Waals surface area (Å²) in [5, 5.41) is 0.812. The largest absolute Gasteiger partial charge is 0.493 e. The number of methoxy groups -OCH3 is 3. The van der Waals surface area contributed by atoms with Crippen LogP contribution in [0.1, 0.15) is 25.7 Å². The van der Waals surface area contributed by atoms with E-state index in [-0.39, 0.29) is 17.3 Å². The summed E-state index contributed by atoms with van der Waals surface area (Å²) in [4.78, 5) is 13.5. The zero-order chi connectivity index (χ0) is 22.7. The lowest BCUT2D eigenvalue weighted by Crippen LogP contribution is -2.19. The Morgan fingerprint density at radius 1 is 0.969 bits per heavy atom. The highest BCUT2D eigenvalue weighted by Gasteiger charge is 2.24. The predicted molar refractivity (Wildman–Crippen MR) is 125 cm³/mol. The second-order valence-electron chi connectivity index (χ2n) is 7.51. The lowest BCUT2D eigenvalue weighted by molar-refractivity contribution is 0.231. The van der Waals surface area contributed by atoms with Crippen molar-refractivity contribution in [1.82, 2.24) is 0 Å². The first kappa shape index (κ1) is 22.1. The van der Waals surface area contributed by atoms with Gasteiger partial charge in [0.15, 0.2) is 17.3 Å². The summed E-state index contributed by atoms with van der Waals surface area (Å²) in [6.07, 6.45) is 7.81. The van der Waals surface area contributed by atoms with Gasteiger partial charge in [-0.1, -0.05) is 17.7 Å². The van der Waals surface area contributed by atoms with Gasteiger partial charge in [-0.25, -0.2) is 0 Å². The average molecular weight is 457 g/mol. The molecule has 1 aliphatic carbocycles. The third-order valence-corrected chi connectivity index (χ3v) is 5.70. The molecule has 0 fully saturated rings. The fourth-order valence-electron chi connectivity index (χ4n) is 3.86. The minimum atomic E-state index is -0.282. The van der Waals surface area contributed by atoms with E-state index in [1.54, 1.807) is 30.3 Å². The fourth-order valence-corrected chi connectivity index (χ4v) is 4.03. The standard InChI is InChI=1S/C25H25ClO6/c1-28-20-12-15(13-21(29-2)24(20)30-3)23-25(31-17-8-6-4-5-7-9-17)22(27)18-14-16(26)10-11-19(18)32-23/h6,8,10-14,17H,4-5,7,9H2,1-3H3. The van der Waals surface area contributed by atoms with Gasteiger partial charge in [0.25, 0.3) is 0 Å². The van der Waals surface area contributed by atoms with Gasteiger partial charge in [-0.2, -0.15) is 0 Å². The number of hydrogen-bond donors (Lipinski definition) is 0. The molecule has 0 bridgehead atoms. The van der Waals surface area contributed by atoms with Crippen LogP contribution >= 0.6 is 11.6 Å². The first-order valence-corrected chi connectivity index (χ1v) is 10.8. The molecule has 6 nitrogen and oxygen atoms in total. The summed E-state index contributed by atoms with van der Waals surface area (Å²) in [5.41, 5.74) is 0.697. The smallest absolute Gasteiger partial charge is 0.235 e. The van der Waals surface area contributed by atoms with Crippen molar-refractivity contribution in [2.75, 3.05) is 21.3 Å². The van der Waals surface area contributed by atoms with E-state index in [1.807, 2.05) is 6.08 Å². The Labute approximate surface area is 191 Å². The number of ether oxygens (including phenoxy) is 4. The van der Waals surface area contributed by atoms with Gasteiger partial charge >= 0.3 is 0 Å². The number of benzene rings is 2. The molecule has 0 amide bonds. The van der Waals surface area contributed by atoms with Gasteiger partial charge in [0.05, 0.1) is 26.7 Å². The molecule has 4 rings (SSSR count). The van der Waals surface area contributed by atoms with Crippen molar-refractivity contribution in [2.45, 2.75) is 31.8 Å². The molecule has 1 unspecified atom stereocenters. The second-order valence-corrected chi connectivity index (χ2v) is 7.95. The predicted octanol–water partition coefficient (Wildman–Crippen LogP) is 6.02. The van der Waals surface area contributed by atoms with Crippen molar-refractivity contribution in [2.24, 2.45) is 0 Å². The summed E-state index contributed by atoms with van der Waals surface area (Å²) >= 11 is 6.15. The maximum Gasteiger partial charge on any atom is 0.235 e. The molecule has 0 saturated carbocycles. The number of rotatable bonds is 6. The lowest BCUT2D eigenvalue weighted by atomic mass is 10.1. The Hall–Kier alpha value is -3.12. The molecule has 168 valence electrons. The van der Waals surface area contributed by atoms with Crippen LogP contribution in [0.3, 0.4) is 0 Å². The molecule has 0 N–H and O–H groups in total. The van der Waals surface area contributed by atoms with Crippen molar-refractivity contribution in [3.8, 4) is 34.3 Å². The first-order chi connectivity index (χ1) is 15.5. The van der Waals surface area contributed by atoms with E-state index >= 15 is 0 Å². The number of hydrogen-bond acceptors (Lipinski definition) is 6. The summed E-state index contributed by atoms with van der Waals surface area (Å²) in [5.74, 6) is 1.76. The van der Waals surface area contributed by atoms with Crippen molar-refractivity contribution < 1.29 is 23.4 Å². The van der Waals surface area contributed by atoms with E-state index < -0.39 is 0 Å². The van der Waals surface area contributed by atoms with Crippen LogP contribution in [0, 0.1) is 0 Å².